The lowest BCUT2D eigenvalue weighted by Crippen LogP contribution is -2.53. The number of ether oxygens (including phenoxy) is 1. The number of hydrogen-bond acceptors (Lipinski definition) is 3. The van der Waals surface area contributed by atoms with Crippen molar-refractivity contribution in [2.24, 2.45) is 0 Å². The highest BCUT2D eigenvalue weighted by atomic mass is 79.9. The molecule has 3 rings (SSSR count). The molecule has 178 valence electrons. The average molecular weight is 523 g/mol. The van der Waals surface area contributed by atoms with Gasteiger partial charge < -0.3 is 15.0 Å². The summed E-state index contributed by atoms with van der Waals surface area (Å²) in [5.41, 5.74) is 1.92. The van der Waals surface area contributed by atoms with E-state index in [9.17, 15) is 9.59 Å². The van der Waals surface area contributed by atoms with E-state index < -0.39 is 6.04 Å². The summed E-state index contributed by atoms with van der Waals surface area (Å²) in [6.45, 7) is 4.13. The van der Waals surface area contributed by atoms with Crippen molar-refractivity contribution in [1.29, 1.82) is 0 Å². The normalized spacial score (nSPS) is 12.4. The number of hydrogen-bond donors (Lipinski definition) is 1. The first-order valence-corrected chi connectivity index (χ1v) is 12.3. The van der Waals surface area contributed by atoms with E-state index in [-0.39, 0.29) is 24.5 Å². The zero-order chi connectivity index (χ0) is 24.3. The maximum Gasteiger partial charge on any atom is 0.261 e. The topological polar surface area (TPSA) is 58.6 Å². The van der Waals surface area contributed by atoms with E-state index >= 15 is 0 Å². The molecule has 0 aliphatic heterocycles. The quantitative estimate of drug-likeness (QED) is 0.367. The van der Waals surface area contributed by atoms with Crippen LogP contribution in [0.3, 0.4) is 0 Å². The molecule has 0 fully saturated rings. The third kappa shape index (κ3) is 7.73. The van der Waals surface area contributed by atoms with Crippen LogP contribution in [0.25, 0.3) is 0 Å². The Labute approximate surface area is 210 Å². The molecule has 6 heteroatoms. The van der Waals surface area contributed by atoms with Crippen molar-refractivity contribution in [1.82, 2.24) is 10.2 Å². The van der Waals surface area contributed by atoms with Gasteiger partial charge in [0, 0.05) is 23.5 Å². The summed E-state index contributed by atoms with van der Waals surface area (Å²) in [6, 6.07) is 26.1. The molecule has 2 amide bonds. The van der Waals surface area contributed by atoms with Crippen LogP contribution >= 0.6 is 15.9 Å². The Kier molecular flexibility index (Phi) is 9.71. The van der Waals surface area contributed by atoms with Gasteiger partial charge in [0.2, 0.25) is 5.91 Å². The minimum atomic E-state index is -0.678. The molecule has 1 N–H and O–H groups in total. The highest BCUT2D eigenvalue weighted by Crippen LogP contribution is 2.19. The van der Waals surface area contributed by atoms with Crippen LogP contribution in [0.4, 0.5) is 0 Å². The first-order valence-electron chi connectivity index (χ1n) is 11.5. The molecule has 3 aromatic carbocycles. The number of rotatable bonds is 11. The number of carbonyl (C=O) groups excluding carboxylic acids is 2. The molecule has 5 nitrogen and oxygen atoms in total. The van der Waals surface area contributed by atoms with Crippen LogP contribution in [0.15, 0.2) is 89.4 Å². The summed E-state index contributed by atoms with van der Waals surface area (Å²) in [5.74, 6) is 0.201. The van der Waals surface area contributed by atoms with Gasteiger partial charge >= 0.3 is 0 Å². The van der Waals surface area contributed by atoms with Gasteiger partial charge in [0.05, 0.1) is 0 Å². The minimum Gasteiger partial charge on any atom is -0.484 e. The fourth-order valence-corrected chi connectivity index (χ4v) is 4.02. The van der Waals surface area contributed by atoms with Crippen LogP contribution in [0.5, 0.6) is 5.75 Å². The Morgan fingerprint density at radius 2 is 1.59 bits per heavy atom. The number of halogens is 1. The van der Waals surface area contributed by atoms with Crippen molar-refractivity contribution in [2.45, 2.75) is 45.3 Å². The summed E-state index contributed by atoms with van der Waals surface area (Å²) in [4.78, 5) is 28.6. The molecule has 0 radical (unpaired) electrons. The number of nitrogens with one attached hydrogen (secondary N) is 1. The van der Waals surface area contributed by atoms with Gasteiger partial charge in [-0.05, 0) is 48.7 Å². The first kappa shape index (κ1) is 25.5. The van der Waals surface area contributed by atoms with Gasteiger partial charge in [-0.1, -0.05) is 83.5 Å². The molecule has 0 aromatic heterocycles. The summed E-state index contributed by atoms with van der Waals surface area (Å²) >= 11 is 3.50. The van der Waals surface area contributed by atoms with Gasteiger partial charge in [0.25, 0.3) is 5.91 Å². The SMILES string of the molecule is CC[C@H](C)NC(=O)[C@H](Cc1ccccc1)N(Cc1cccc(Br)c1)C(=O)COc1ccccc1. The van der Waals surface area contributed by atoms with Crippen molar-refractivity contribution in [3.63, 3.8) is 0 Å². The number of carbonyl (C=O) groups is 2. The van der Waals surface area contributed by atoms with E-state index in [0.717, 1.165) is 22.0 Å². The zero-order valence-corrected chi connectivity index (χ0v) is 21.2. The molecular weight excluding hydrogens is 492 g/mol. The third-order valence-corrected chi connectivity index (χ3v) is 6.11. The molecule has 3 aromatic rings. The zero-order valence-electron chi connectivity index (χ0n) is 19.6. The Hall–Kier alpha value is -3.12. The number of nitrogens with zero attached hydrogens (tertiary/aromatic N) is 1. The van der Waals surface area contributed by atoms with Crippen molar-refractivity contribution < 1.29 is 14.3 Å². The number of para-hydroxylation sites is 1. The van der Waals surface area contributed by atoms with E-state index in [4.69, 9.17) is 4.74 Å². The lowest BCUT2D eigenvalue weighted by Gasteiger charge is -2.32. The molecule has 0 bridgehead atoms. The Morgan fingerprint density at radius 3 is 2.24 bits per heavy atom. The van der Waals surface area contributed by atoms with Gasteiger partial charge in [-0.25, -0.2) is 0 Å². The fraction of sp³-hybridized carbons (Fsp3) is 0.286. The van der Waals surface area contributed by atoms with Crippen LogP contribution < -0.4 is 10.1 Å². The van der Waals surface area contributed by atoms with E-state index in [1.165, 1.54) is 0 Å². The van der Waals surface area contributed by atoms with E-state index in [2.05, 4.69) is 21.2 Å². The van der Waals surface area contributed by atoms with Crippen LogP contribution in [0.2, 0.25) is 0 Å². The maximum absolute atomic E-state index is 13.5. The maximum atomic E-state index is 13.5. The predicted molar refractivity (Wildman–Crippen MR) is 138 cm³/mol. The number of amides is 2. The number of benzene rings is 3. The summed E-state index contributed by atoms with van der Waals surface area (Å²) in [6.07, 6.45) is 1.22. The van der Waals surface area contributed by atoms with Gasteiger partial charge in [-0.15, -0.1) is 0 Å². The molecule has 0 saturated carbocycles. The Morgan fingerprint density at radius 1 is 0.941 bits per heavy atom. The predicted octanol–water partition coefficient (Wildman–Crippen LogP) is 5.38. The van der Waals surface area contributed by atoms with Gasteiger partial charge in [-0.2, -0.15) is 0 Å². The van der Waals surface area contributed by atoms with Crippen LogP contribution in [-0.2, 0) is 22.6 Å². The lowest BCUT2D eigenvalue weighted by molar-refractivity contribution is -0.143. The van der Waals surface area contributed by atoms with Gasteiger partial charge in [-0.3, -0.25) is 9.59 Å². The monoisotopic (exact) mass is 522 g/mol. The van der Waals surface area contributed by atoms with Gasteiger partial charge in [0.1, 0.15) is 11.8 Å². The smallest absolute Gasteiger partial charge is 0.261 e. The van der Waals surface area contributed by atoms with Crippen molar-refractivity contribution in [3.8, 4) is 5.75 Å². The van der Waals surface area contributed by atoms with E-state index in [1.807, 2.05) is 98.8 Å². The molecular formula is C28H31BrN2O3. The lowest BCUT2D eigenvalue weighted by atomic mass is 10.0. The highest BCUT2D eigenvalue weighted by Gasteiger charge is 2.31. The molecule has 0 aliphatic carbocycles. The second-order valence-electron chi connectivity index (χ2n) is 8.28. The Bertz CT molecular complexity index is 1060. The average Bonchev–Trinajstić information content (AvgIpc) is 2.85. The standard InChI is InChI=1S/C28H31BrN2O3/c1-3-21(2)30-28(33)26(18-22-11-6-4-7-12-22)31(19-23-13-10-14-24(29)17-23)27(32)20-34-25-15-8-5-9-16-25/h4-17,21,26H,3,18-20H2,1-2H3,(H,30,33)/t21-,26-/m0/s1. The second-order valence-corrected chi connectivity index (χ2v) is 9.19. The van der Waals surface area contributed by atoms with Crippen molar-refractivity contribution in [2.75, 3.05) is 6.61 Å². The van der Waals surface area contributed by atoms with Crippen molar-refractivity contribution >= 4 is 27.7 Å². The third-order valence-electron chi connectivity index (χ3n) is 5.62. The summed E-state index contributed by atoms with van der Waals surface area (Å²) < 4.78 is 6.68. The van der Waals surface area contributed by atoms with Crippen LogP contribution in [-0.4, -0.2) is 35.4 Å². The molecule has 2 atom stereocenters. The van der Waals surface area contributed by atoms with Crippen LogP contribution in [0, 0.1) is 0 Å². The highest BCUT2D eigenvalue weighted by molar-refractivity contribution is 9.10. The first-order chi connectivity index (χ1) is 16.5. The van der Waals surface area contributed by atoms with Crippen molar-refractivity contribution in [3.05, 3.63) is 101 Å². The summed E-state index contributed by atoms with van der Waals surface area (Å²) in [5, 5.41) is 3.07. The van der Waals surface area contributed by atoms with Crippen LogP contribution in [0.1, 0.15) is 31.4 Å². The molecule has 0 saturated heterocycles. The molecule has 0 heterocycles. The Balaban J connectivity index is 1.91. The molecule has 0 spiro atoms. The molecule has 34 heavy (non-hydrogen) atoms. The largest absolute Gasteiger partial charge is 0.484 e. The molecule has 0 aliphatic rings. The van der Waals surface area contributed by atoms with E-state index in [1.54, 1.807) is 4.90 Å². The van der Waals surface area contributed by atoms with Gasteiger partial charge in [0.15, 0.2) is 6.61 Å². The van der Waals surface area contributed by atoms with E-state index in [0.29, 0.717) is 18.7 Å². The second kappa shape index (κ2) is 12.9. The fourth-order valence-electron chi connectivity index (χ4n) is 3.57. The summed E-state index contributed by atoms with van der Waals surface area (Å²) in [7, 11) is 0. The molecule has 0 unspecified atom stereocenters. The minimum absolute atomic E-state index is 0.00849.